The molecule has 3 aliphatic rings. The topological polar surface area (TPSA) is 96.9 Å². The maximum Gasteiger partial charge on any atom is 0.227 e. The maximum absolute atomic E-state index is 12.6. The highest BCUT2D eigenvalue weighted by Gasteiger charge is 2.46. The van der Waals surface area contributed by atoms with Gasteiger partial charge in [-0.1, -0.05) is 36.8 Å². The van der Waals surface area contributed by atoms with E-state index >= 15 is 0 Å². The summed E-state index contributed by atoms with van der Waals surface area (Å²) in [6, 6.07) is 15.5. The predicted octanol–water partition coefficient (Wildman–Crippen LogP) is 3.13. The lowest BCUT2D eigenvalue weighted by molar-refractivity contribution is -0.142. The van der Waals surface area contributed by atoms with Crippen LogP contribution >= 0.6 is 0 Å². The summed E-state index contributed by atoms with van der Waals surface area (Å²) in [7, 11) is 0. The molecule has 7 nitrogen and oxygen atoms in total. The van der Waals surface area contributed by atoms with Gasteiger partial charge in [0.1, 0.15) is 18.0 Å². The second-order valence-electron chi connectivity index (χ2n) is 9.24. The van der Waals surface area contributed by atoms with Crippen molar-refractivity contribution in [3.63, 3.8) is 0 Å². The Kier molecular flexibility index (Phi) is 6.33. The summed E-state index contributed by atoms with van der Waals surface area (Å²) in [6.45, 7) is 0.292. The van der Waals surface area contributed by atoms with Crippen LogP contribution in [0.1, 0.15) is 49.1 Å². The molecular formula is C26H30N2O5. The van der Waals surface area contributed by atoms with Gasteiger partial charge in [-0.2, -0.15) is 0 Å². The number of aliphatic hydroxyl groups excluding tert-OH is 1. The molecule has 2 fully saturated rings. The van der Waals surface area contributed by atoms with E-state index in [-0.39, 0.29) is 48.9 Å². The first-order chi connectivity index (χ1) is 16.1. The molecule has 1 saturated heterocycles. The summed E-state index contributed by atoms with van der Waals surface area (Å²) in [4.78, 5) is 24.9. The van der Waals surface area contributed by atoms with Gasteiger partial charge in [-0.15, -0.1) is 0 Å². The van der Waals surface area contributed by atoms with Crippen LogP contribution in [0.5, 0.6) is 5.75 Å². The van der Waals surface area contributed by atoms with E-state index < -0.39 is 6.10 Å². The monoisotopic (exact) mass is 450 g/mol. The number of aliphatic hydroxyl groups is 1. The second-order valence-corrected chi connectivity index (χ2v) is 9.24. The molecule has 0 spiro atoms. The van der Waals surface area contributed by atoms with Crippen LogP contribution in [0.2, 0.25) is 0 Å². The number of nitrogens with one attached hydrogen (secondary N) is 2. The molecule has 7 heteroatoms. The van der Waals surface area contributed by atoms with Gasteiger partial charge in [0.15, 0.2) is 0 Å². The number of carbonyl (C=O) groups excluding carboxylic acids is 2. The summed E-state index contributed by atoms with van der Waals surface area (Å²) in [5.74, 6) is 0.855. The molecule has 3 N–H and O–H groups in total. The minimum atomic E-state index is -0.504. The third-order valence-electron chi connectivity index (χ3n) is 6.99. The molecule has 2 amide bonds. The molecule has 0 bridgehead atoms. The Balaban J connectivity index is 1.25. The van der Waals surface area contributed by atoms with E-state index in [0.717, 1.165) is 41.8 Å². The van der Waals surface area contributed by atoms with Crippen molar-refractivity contribution in [1.29, 1.82) is 0 Å². The Morgan fingerprint density at radius 2 is 1.91 bits per heavy atom. The van der Waals surface area contributed by atoms with E-state index in [1.165, 1.54) is 0 Å². The lowest BCUT2D eigenvalue weighted by Crippen LogP contribution is -2.47. The molecule has 1 aliphatic carbocycles. The fraction of sp³-hybridized carbons (Fsp3) is 0.462. The van der Waals surface area contributed by atoms with Crippen molar-refractivity contribution >= 4 is 17.5 Å². The zero-order chi connectivity index (χ0) is 22.8. The van der Waals surface area contributed by atoms with Gasteiger partial charge in [0.25, 0.3) is 0 Å². The zero-order valence-corrected chi connectivity index (χ0v) is 18.5. The number of hydrogen-bond donors (Lipinski definition) is 3. The van der Waals surface area contributed by atoms with Crippen LogP contribution in [0.15, 0.2) is 48.5 Å². The molecule has 5 rings (SSSR count). The van der Waals surface area contributed by atoms with Crippen LogP contribution in [0.3, 0.4) is 0 Å². The maximum atomic E-state index is 12.6. The fourth-order valence-electron chi connectivity index (χ4n) is 4.96. The fourth-order valence-corrected chi connectivity index (χ4v) is 4.96. The largest absolute Gasteiger partial charge is 0.487 e. The SMILES string of the molecule is O=C(C[C@H]1C[C@H]2c3cc(NC(=O)C4CCC4)ccc3O[C@H]2[C@@H](CO)O1)NCc1ccccc1. The highest BCUT2D eigenvalue weighted by atomic mass is 16.6. The minimum Gasteiger partial charge on any atom is -0.487 e. The Labute approximate surface area is 193 Å². The first kappa shape index (κ1) is 21.9. The molecule has 2 aromatic carbocycles. The van der Waals surface area contributed by atoms with Crippen LogP contribution in [0.25, 0.3) is 0 Å². The molecule has 2 heterocycles. The van der Waals surface area contributed by atoms with Crippen molar-refractivity contribution in [2.75, 3.05) is 11.9 Å². The van der Waals surface area contributed by atoms with E-state index in [9.17, 15) is 14.7 Å². The first-order valence-electron chi connectivity index (χ1n) is 11.8. The van der Waals surface area contributed by atoms with E-state index in [1.54, 1.807) is 0 Å². The second kappa shape index (κ2) is 9.53. The molecule has 0 radical (unpaired) electrons. The molecule has 4 atom stereocenters. The lowest BCUT2D eigenvalue weighted by atomic mass is 9.83. The van der Waals surface area contributed by atoms with Crippen molar-refractivity contribution < 1.29 is 24.2 Å². The average Bonchev–Trinajstić information content (AvgIpc) is 3.14. The van der Waals surface area contributed by atoms with Crippen LogP contribution < -0.4 is 15.4 Å². The number of anilines is 1. The molecule has 0 unspecified atom stereocenters. The number of fused-ring (bicyclic) bond motifs is 3. The summed E-state index contributed by atoms with van der Waals surface area (Å²) in [6.07, 6.45) is 2.74. The summed E-state index contributed by atoms with van der Waals surface area (Å²) in [5, 5.41) is 15.9. The number of hydrogen-bond acceptors (Lipinski definition) is 5. The van der Waals surface area contributed by atoms with Crippen molar-refractivity contribution in [3.8, 4) is 5.75 Å². The number of ether oxygens (including phenoxy) is 2. The predicted molar refractivity (Wildman–Crippen MR) is 123 cm³/mol. The van der Waals surface area contributed by atoms with Crippen LogP contribution in [0.4, 0.5) is 5.69 Å². The van der Waals surface area contributed by atoms with E-state index in [2.05, 4.69) is 10.6 Å². The van der Waals surface area contributed by atoms with E-state index in [1.807, 2.05) is 48.5 Å². The van der Waals surface area contributed by atoms with Gasteiger partial charge in [0.2, 0.25) is 11.8 Å². The highest BCUT2D eigenvalue weighted by Crippen LogP contribution is 2.47. The Morgan fingerprint density at radius 3 is 2.64 bits per heavy atom. The van der Waals surface area contributed by atoms with E-state index in [0.29, 0.717) is 13.0 Å². The van der Waals surface area contributed by atoms with E-state index in [4.69, 9.17) is 9.47 Å². The van der Waals surface area contributed by atoms with Crippen molar-refractivity contribution in [2.24, 2.45) is 5.92 Å². The van der Waals surface area contributed by atoms with Crippen LogP contribution in [0, 0.1) is 5.92 Å². The van der Waals surface area contributed by atoms with Gasteiger partial charge in [0.05, 0.1) is 19.1 Å². The van der Waals surface area contributed by atoms with Gasteiger partial charge in [0, 0.05) is 29.6 Å². The molecular weight excluding hydrogens is 420 g/mol. The standard InChI is InChI=1S/C26H30N2O5/c29-15-23-25-21(12-19(32-23)13-24(30)27-14-16-5-2-1-3-6-16)20-11-18(9-10-22(20)33-25)28-26(31)17-7-4-8-17/h1-3,5-6,9-11,17,19,21,23,25,29H,4,7-8,12-15H2,(H,27,30)(H,28,31)/t19-,21+,23-,25-/m1/s1. The van der Waals surface area contributed by atoms with Gasteiger partial charge in [-0.25, -0.2) is 0 Å². The number of benzene rings is 2. The molecule has 2 aromatic rings. The Morgan fingerprint density at radius 1 is 1.09 bits per heavy atom. The molecule has 33 heavy (non-hydrogen) atoms. The average molecular weight is 451 g/mol. The third kappa shape index (κ3) is 4.75. The summed E-state index contributed by atoms with van der Waals surface area (Å²) in [5.41, 5.74) is 2.81. The van der Waals surface area contributed by atoms with Crippen LogP contribution in [-0.2, 0) is 20.9 Å². The zero-order valence-electron chi connectivity index (χ0n) is 18.5. The summed E-state index contributed by atoms with van der Waals surface area (Å²) >= 11 is 0. The normalized spacial score (nSPS) is 25.8. The van der Waals surface area contributed by atoms with Crippen molar-refractivity contribution in [1.82, 2.24) is 5.32 Å². The van der Waals surface area contributed by atoms with Crippen molar-refractivity contribution in [3.05, 3.63) is 59.7 Å². The minimum absolute atomic E-state index is 0.00150. The highest BCUT2D eigenvalue weighted by molar-refractivity contribution is 5.93. The number of rotatable bonds is 7. The quantitative estimate of drug-likeness (QED) is 0.602. The van der Waals surface area contributed by atoms with Crippen molar-refractivity contribution in [2.45, 2.75) is 62.9 Å². The third-order valence-corrected chi connectivity index (χ3v) is 6.99. The van der Waals surface area contributed by atoms with Gasteiger partial charge < -0.3 is 25.2 Å². The number of carbonyl (C=O) groups is 2. The molecule has 1 saturated carbocycles. The van der Waals surface area contributed by atoms with Gasteiger partial charge >= 0.3 is 0 Å². The molecule has 174 valence electrons. The molecule has 0 aromatic heterocycles. The lowest BCUT2D eigenvalue weighted by Gasteiger charge is -2.37. The molecule has 2 aliphatic heterocycles. The van der Waals surface area contributed by atoms with Crippen LogP contribution in [-0.4, -0.2) is 41.8 Å². The Hall–Kier alpha value is -2.90. The Bertz CT molecular complexity index is 1010. The smallest absolute Gasteiger partial charge is 0.227 e. The van der Waals surface area contributed by atoms with Gasteiger partial charge in [-0.05, 0) is 43.0 Å². The first-order valence-corrected chi connectivity index (χ1v) is 11.8. The number of amides is 2. The van der Waals surface area contributed by atoms with Gasteiger partial charge in [-0.3, -0.25) is 9.59 Å². The summed E-state index contributed by atoms with van der Waals surface area (Å²) < 4.78 is 12.2.